The van der Waals surface area contributed by atoms with Gasteiger partial charge in [-0.3, -0.25) is 10.1 Å². The molecule has 1 amide bonds. The number of nitrogens with one attached hydrogen (secondary N) is 1. The van der Waals surface area contributed by atoms with E-state index in [4.69, 9.17) is 28.0 Å². The molecule has 1 aromatic heterocycles. The Morgan fingerprint density at radius 2 is 1.96 bits per heavy atom. The smallest absolute Gasteiger partial charge is 0.386 e. The van der Waals surface area contributed by atoms with Crippen LogP contribution in [-0.4, -0.2) is 23.7 Å². The third-order valence-corrected chi connectivity index (χ3v) is 5.01. The number of oxime groups is 1. The molecule has 0 aliphatic carbocycles. The second-order valence-electron chi connectivity index (χ2n) is 5.39. The summed E-state index contributed by atoms with van der Waals surface area (Å²) in [5.41, 5.74) is 0.0101. The van der Waals surface area contributed by atoms with Crippen LogP contribution >= 0.6 is 34.5 Å². The minimum atomic E-state index is -4.45. The predicted molar refractivity (Wildman–Crippen MR) is 103 cm³/mol. The van der Waals surface area contributed by atoms with Gasteiger partial charge in [0.15, 0.2) is 11.7 Å². The molecule has 0 aliphatic rings. The summed E-state index contributed by atoms with van der Waals surface area (Å²) in [7, 11) is 0. The zero-order chi connectivity index (χ0) is 20.3. The van der Waals surface area contributed by atoms with E-state index >= 15 is 0 Å². The molecule has 3 aromatic rings. The number of halogens is 5. The van der Waals surface area contributed by atoms with E-state index in [0.29, 0.717) is 25.8 Å². The first kappa shape index (κ1) is 20.4. The summed E-state index contributed by atoms with van der Waals surface area (Å²) >= 11 is 12.9. The lowest BCUT2D eigenvalue weighted by Crippen LogP contribution is -2.16. The van der Waals surface area contributed by atoms with E-state index in [-0.39, 0.29) is 5.13 Å². The van der Waals surface area contributed by atoms with Crippen molar-refractivity contribution in [2.45, 2.75) is 6.18 Å². The third kappa shape index (κ3) is 4.92. The lowest BCUT2D eigenvalue weighted by Gasteiger charge is -2.04. The number of hydrogen-bond acceptors (Lipinski definition) is 5. The van der Waals surface area contributed by atoms with E-state index in [9.17, 15) is 18.0 Å². The van der Waals surface area contributed by atoms with Gasteiger partial charge in [0.1, 0.15) is 0 Å². The number of aromatic nitrogens is 1. The highest BCUT2D eigenvalue weighted by molar-refractivity contribution is 7.22. The summed E-state index contributed by atoms with van der Waals surface area (Å²) in [5, 5.41) is 6.97. The van der Waals surface area contributed by atoms with Crippen molar-refractivity contribution in [2.24, 2.45) is 5.16 Å². The van der Waals surface area contributed by atoms with Crippen molar-refractivity contribution in [2.75, 3.05) is 11.9 Å². The Bertz CT molecular complexity index is 1030. The predicted octanol–water partition coefficient (Wildman–Crippen LogP) is 5.61. The van der Waals surface area contributed by atoms with Gasteiger partial charge in [-0.2, -0.15) is 13.2 Å². The SMILES string of the molecule is O=C(CO/N=C/c1c(Cl)cccc1Cl)Nc1nc2ccc(C(F)(F)F)cc2s1. The van der Waals surface area contributed by atoms with E-state index in [1.54, 1.807) is 18.2 Å². The lowest BCUT2D eigenvalue weighted by molar-refractivity contribution is -0.137. The van der Waals surface area contributed by atoms with Gasteiger partial charge in [-0.1, -0.05) is 45.8 Å². The Hall–Kier alpha value is -2.36. The van der Waals surface area contributed by atoms with Crippen LogP contribution in [0.25, 0.3) is 10.2 Å². The van der Waals surface area contributed by atoms with Gasteiger partial charge in [0.2, 0.25) is 0 Å². The van der Waals surface area contributed by atoms with Crippen LogP contribution in [0.15, 0.2) is 41.6 Å². The number of carbonyl (C=O) groups excluding carboxylic acids is 1. The maximum atomic E-state index is 12.7. The first-order chi connectivity index (χ1) is 13.2. The van der Waals surface area contributed by atoms with Crippen molar-refractivity contribution in [1.82, 2.24) is 4.98 Å². The maximum absolute atomic E-state index is 12.7. The Balaban J connectivity index is 1.60. The molecule has 2 aromatic carbocycles. The first-order valence-electron chi connectivity index (χ1n) is 7.61. The van der Waals surface area contributed by atoms with Crippen molar-refractivity contribution >= 4 is 62.0 Å². The zero-order valence-corrected chi connectivity index (χ0v) is 16.1. The number of fused-ring (bicyclic) bond motifs is 1. The van der Waals surface area contributed by atoms with Crippen LogP contribution in [0.5, 0.6) is 0 Å². The summed E-state index contributed by atoms with van der Waals surface area (Å²) < 4.78 is 38.5. The molecule has 0 unspecified atom stereocenters. The molecule has 1 N–H and O–H groups in total. The molecule has 1 heterocycles. The lowest BCUT2D eigenvalue weighted by atomic mass is 10.2. The largest absolute Gasteiger partial charge is 0.416 e. The van der Waals surface area contributed by atoms with Gasteiger partial charge in [-0.15, -0.1) is 0 Å². The highest BCUT2D eigenvalue weighted by Gasteiger charge is 2.30. The average molecular weight is 448 g/mol. The monoisotopic (exact) mass is 447 g/mol. The molecule has 28 heavy (non-hydrogen) atoms. The molecule has 5 nitrogen and oxygen atoms in total. The van der Waals surface area contributed by atoms with E-state index < -0.39 is 24.3 Å². The highest BCUT2D eigenvalue weighted by Crippen LogP contribution is 2.34. The molecule has 0 fully saturated rings. The van der Waals surface area contributed by atoms with E-state index in [0.717, 1.165) is 23.5 Å². The van der Waals surface area contributed by atoms with Gasteiger partial charge >= 0.3 is 6.18 Å². The molecule has 146 valence electrons. The van der Waals surface area contributed by atoms with Crippen LogP contribution in [0, 0.1) is 0 Å². The fraction of sp³-hybridized carbons (Fsp3) is 0.118. The summed E-state index contributed by atoms with van der Waals surface area (Å²) in [6, 6.07) is 8.09. The molecule has 0 radical (unpaired) electrons. The number of benzene rings is 2. The molecule has 3 rings (SSSR count). The number of nitrogens with zero attached hydrogens (tertiary/aromatic N) is 2. The molecule has 0 saturated heterocycles. The Kier molecular flexibility index (Phi) is 6.07. The topological polar surface area (TPSA) is 63.6 Å². The van der Waals surface area contributed by atoms with Crippen LogP contribution in [0.3, 0.4) is 0 Å². The van der Waals surface area contributed by atoms with Gasteiger partial charge in [-0.25, -0.2) is 4.98 Å². The van der Waals surface area contributed by atoms with Gasteiger partial charge in [0.05, 0.1) is 32.0 Å². The number of amides is 1. The summed E-state index contributed by atoms with van der Waals surface area (Å²) in [6.45, 7) is -0.428. The van der Waals surface area contributed by atoms with Crippen molar-refractivity contribution in [3.05, 3.63) is 57.6 Å². The van der Waals surface area contributed by atoms with Crippen LogP contribution in [0.4, 0.5) is 18.3 Å². The molecule has 0 atom stereocenters. The number of carbonyl (C=O) groups is 1. The first-order valence-corrected chi connectivity index (χ1v) is 9.18. The van der Waals surface area contributed by atoms with Crippen molar-refractivity contribution in [3.63, 3.8) is 0 Å². The molecule has 0 saturated carbocycles. The minimum Gasteiger partial charge on any atom is -0.386 e. The second kappa shape index (κ2) is 8.34. The van der Waals surface area contributed by atoms with Gasteiger partial charge < -0.3 is 4.84 Å². The van der Waals surface area contributed by atoms with E-state index in [1.807, 2.05) is 0 Å². The Labute approximate surface area is 170 Å². The van der Waals surface area contributed by atoms with Crippen LogP contribution in [-0.2, 0) is 15.8 Å². The standard InChI is InChI=1S/C17H10Cl2F3N3O2S/c18-11-2-1-3-12(19)10(11)7-23-27-8-15(26)25-16-24-13-5-4-9(17(20,21)22)6-14(13)28-16/h1-7H,8H2,(H,24,25,26)/b23-7+. The quantitative estimate of drug-likeness (QED) is 0.408. The Morgan fingerprint density at radius 1 is 1.25 bits per heavy atom. The van der Waals surface area contributed by atoms with Crippen LogP contribution in [0.1, 0.15) is 11.1 Å². The summed E-state index contributed by atoms with van der Waals surface area (Å²) in [4.78, 5) is 20.8. The van der Waals surface area contributed by atoms with Crippen molar-refractivity contribution < 1.29 is 22.8 Å². The minimum absolute atomic E-state index is 0.154. The van der Waals surface area contributed by atoms with Crippen LogP contribution < -0.4 is 5.32 Å². The summed E-state index contributed by atoms with van der Waals surface area (Å²) in [6.07, 6.45) is -3.17. The number of alkyl halides is 3. The Morgan fingerprint density at radius 3 is 2.64 bits per heavy atom. The van der Waals surface area contributed by atoms with E-state index in [1.165, 1.54) is 12.3 Å². The maximum Gasteiger partial charge on any atom is 0.416 e. The van der Waals surface area contributed by atoms with Crippen molar-refractivity contribution in [3.8, 4) is 0 Å². The van der Waals surface area contributed by atoms with E-state index in [2.05, 4.69) is 15.5 Å². The third-order valence-electron chi connectivity index (χ3n) is 3.41. The molecule has 11 heteroatoms. The molecule has 0 aliphatic heterocycles. The molecular formula is C17H10Cl2F3N3O2S. The molecular weight excluding hydrogens is 438 g/mol. The van der Waals surface area contributed by atoms with Gasteiger partial charge in [-0.05, 0) is 30.3 Å². The number of anilines is 1. The second-order valence-corrected chi connectivity index (χ2v) is 7.24. The number of thiazole rings is 1. The fourth-order valence-corrected chi connectivity index (χ4v) is 3.55. The van der Waals surface area contributed by atoms with Gasteiger partial charge in [0.25, 0.3) is 5.91 Å². The zero-order valence-electron chi connectivity index (χ0n) is 13.8. The number of rotatable bonds is 5. The highest BCUT2D eigenvalue weighted by atomic mass is 35.5. The van der Waals surface area contributed by atoms with Crippen molar-refractivity contribution in [1.29, 1.82) is 0 Å². The summed E-state index contributed by atoms with van der Waals surface area (Å²) in [5.74, 6) is -0.572. The normalized spacial score (nSPS) is 11.9. The number of hydrogen-bond donors (Lipinski definition) is 1. The molecule has 0 bridgehead atoms. The molecule has 0 spiro atoms. The van der Waals surface area contributed by atoms with Crippen LogP contribution in [0.2, 0.25) is 10.0 Å². The fourth-order valence-electron chi connectivity index (χ4n) is 2.13. The average Bonchev–Trinajstić information content (AvgIpc) is 3.01. The van der Waals surface area contributed by atoms with Gasteiger partial charge in [0, 0.05) is 5.56 Å².